The molecule has 8 nitrogen and oxygen atoms in total. The molecule has 0 unspecified atom stereocenters. The number of rotatable bonds is 8. The van der Waals surface area contributed by atoms with E-state index >= 15 is 0 Å². The van der Waals surface area contributed by atoms with Crippen molar-refractivity contribution in [3.05, 3.63) is 190 Å². The van der Waals surface area contributed by atoms with Crippen LogP contribution in [0.4, 0.5) is 0 Å². The van der Waals surface area contributed by atoms with Crippen LogP contribution in [0.2, 0.25) is 0 Å². The van der Waals surface area contributed by atoms with Crippen LogP contribution < -0.4 is 10.9 Å². The van der Waals surface area contributed by atoms with Crippen LogP contribution in [-0.2, 0) is 12.6 Å². The number of amides is 1. The Hall–Kier alpha value is -6.54. The first-order valence-electron chi connectivity index (χ1n) is 16.6. The molecular weight excluding hydrogens is 621 g/mol. The molecule has 3 aromatic heterocycles. The second-order valence-electron chi connectivity index (χ2n) is 12.5. The number of carbonyl (C=O) groups is 1. The minimum Gasteiger partial charge on any atom is -0.343 e. The summed E-state index contributed by atoms with van der Waals surface area (Å²) in [6.45, 7) is 1.95. The van der Waals surface area contributed by atoms with E-state index in [1.165, 1.54) is 0 Å². The molecule has 8 rings (SSSR count). The fourth-order valence-corrected chi connectivity index (χ4v) is 6.92. The van der Waals surface area contributed by atoms with Gasteiger partial charge in [0.15, 0.2) is 5.82 Å². The average Bonchev–Trinajstić information content (AvgIpc) is 3.75. The molecule has 0 bridgehead atoms. The van der Waals surface area contributed by atoms with Gasteiger partial charge in [-0.2, -0.15) is 5.10 Å². The molecule has 8 heteroatoms. The van der Waals surface area contributed by atoms with Crippen LogP contribution in [0, 0.1) is 0 Å². The first-order chi connectivity index (χ1) is 24.4. The van der Waals surface area contributed by atoms with E-state index in [0.29, 0.717) is 16.7 Å². The van der Waals surface area contributed by atoms with Crippen molar-refractivity contribution in [3.8, 4) is 11.3 Å². The minimum atomic E-state index is -0.903. The lowest BCUT2D eigenvalue weighted by Gasteiger charge is -2.37. The lowest BCUT2D eigenvalue weighted by Crippen LogP contribution is -2.38. The fraction of sp³-hybridized carbons (Fsp3) is 0.0952. The van der Waals surface area contributed by atoms with E-state index in [-0.39, 0.29) is 23.3 Å². The number of aromatic nitrogens is 5. The van der Waals surface area contributed by atoms with Crippen LogP contribution in [0.3, 0.4) is 0 Å². The van der Waals surface area contributed by atoms with Crippen molar-refractivity contribution in [1.29, 1.82) is 0 Å². The Morgan fingerprint density at radius 2 is 1.32 bits per heavy atom. The van der Waals surface area contributed by atoms with Gasteiger partial charge >= 0.3 is 0 Å². The number of imidazole rings is 1. The lowest BCUT2D eigenvalue weighted by atomic mass is 9.77. The van der Waals surface area contributed by atoms with E-state index in [9.17, 15) is 9.59 Å². The van der Waals surface area contributed by atoms with Crippen LogP contribution in [0.5, 0.6) is 0 Å². The molecule has 2 N–H and O–H groups in total. The normalized spacial score (nSPS) is 12.3. The van der Waals surface area contributed by atoms with Crippen LogP contribution in [0.15, 0.2) is 157 Å². The number of benzene rings is 5. The average molecular weight is 655 g/mol. The third kappa shape index (κ3) is 5.18. The Morgan fingerprint density at radius 1 is 0.760 bits per heavy atom. The molecular formula is C42H34N6O2. The van der Waals surface area contributed by atoms with Gasteiger partial charge in [0.1, 0.15) is 11.2 Å². The molecule has 3 heterocycles. The second kappa shape index (κ2) is 12.5. The highest BCUT2D eigenvalue weighted by Gasteiger charge is 2.41. The van der Waals surface area contributed by atoms with E-state index in [0.717, 1.165) is 38.7 Å². The summed E-state index contributed by atoms with van der Waals surface area (Å²) in [4.78, 5) is 34.1. The lowest BCUT2D eigenvalue weighted by molar-refractivity contribution is 0.0930. The molecule has 0 saturated carbocycles. The Morgan fingerprint density at radius 3 is 1.88 bits per heavy atom. The Balaban J connectivity index is 1.41. The molecule has 50 heavy (non-hydrogen) atoms. The molecule has 0 aliphatic heterocycles. The van der Waals surface area contributed by atoms with Gasteiger partial charge in [-0.15, -0.1) is 0 Å². The zero-order valence-electron chi connectivity index (χ0n) is 27.6. The van der Waals surface area contributed by atoms with Crippen molar-refractivity contribution in [2.24, 2.45) is 7.05 Å². The van der Waals surface area contributed by atoms with Crippen molar-refractivity contribution in [1.82, 2.24) is 29.6 Å². The van der Waals surface area contributed by atoms with Crippen molar-refractivity contribution in [2.45, 2.75) is 18.5 Å². The highest BCUT2D eigenvalue weighted by atomic mass is 16.2. The maximum Gasteiger partial charge on any atom is 0.287 e. The van der Waals surface area contributed by atoms with Crippen molar-refractivity contribution in [3.63, 3.8) is 0 Å². The number of fused-ring (bicyclic) bond motifs is 2. The molecule has 1 atom stereocenters. The highest BCUT2D eigenvalue weighted by Crippen LogP contribution is 2.44. The van der Waals surface area contributed by atoms with E-state index in [4.69, 9.17) is 10.1 Å². The van der Waals surface area contributed by atoms with E-state index in [2.05, 4.69) is 51.4 Å². The largest absolute Gasteiger partial charge is 0.343 e. The molecule has 0 fully saturated rings. The maximum atomic E-state index is 13.5. The summed E-state index contributed by atoms with van der Waals surface area (Å²) >= 11 is 0. The van der Waals surface area contributed by atoms with Crippen molar-refractivity contribution in [2.75, 3.05) is 0 Å². The van der Waals surface area contributed by atoms with E-state index in [1.807, 2.05) is 116 Å². The van der Waals surface area contributed by atoms with Crippen molar-refractivity contribution < 1.29 is 4.79 Å². The molecule has 1 amide bonds. The molecule has 0 spiro atoms. The van der Waals surface area contributed by atoms with Crippen LogP contribution >= 0.6 is 0 Å². The molecule has 5 aromatic carbocycles. The Bertz CT molecular complexity index is 2420. The summed E-state index contributed by atoms with van der Waals surface area (Å²) in [6, 6.07) is 48.1. The number of hydrogen-bond donors (Lipinski definition) is 2. The summed E-state index contributed by atoms with van der Waals surface area (Å²) in [7, 11) is 1.74. The van der Waals surface area contributed by atoms with Crippen LogP contribution in [-0.4, -0.2) is 30.2 Å². The monoisotopic (exact) mass is 654 g/mol. The number of carbonyl (C=O) groups excluding carboxylic acids is 1. The van der Waals surface area contributed by atoms with Gasteiger partial charge in [-0.05, 0) is 47.4 Å². The minimum absolute atomic E-state index is 0.111. The predicted octanol–water partition coefficient (Wildman–Crippen LogP) is 7.61. The number of H-pyrrole nitrogens is 1. The van der Waals surface area contributed by atoms with Gasteiger partial charge in [0.2, 0.25) is 5.56 Å². The smallest absolute Gasteiger partial charge is 0.287 e. The molecule has 8 aromatic rings. The first-order valence-corrected chi connectivity index (χ1v) is 16.6. The first kappa shape index (κ1) is 30.8. The molecule has 244 valence electrons. The standard InChI is InChI=1S/C42H34N6O2/c1-28(29-15-7-3-8-16-29)43-41(50)40-44-35-25-34-37(26-36(35)45-40)48(46-39(34)30-23-24-38(49)47(2)27-30)42(31-17-9-4-10-18-31,32-19-11-5-12-20-32)33-21-13-6-14-22-33/h3-28H,1-2H3,(H,43,50)(H,44,45)/t28-/m1/s1. The second-order valence-corrected chi connectivity index (χ2v) is 12.5. The summed E-state index contributed by atoms with van der Waals surface area (Å²) < 4.78 is 3.64. The molecule has 0 aliphatic rings. The molecule has 0 saturated heterocycles. The SMILES string of the molecule is C[C@@H](NC(=O)c1nc2cc3c(-c4ccc(=O)n(C)c4)nn(C(c4ccccc4)(c4ccccc4)c4ccccc4)c3cc2[nH]1)c1ccccc1. The topological polar surface area (TPSA) is 97.6 Å². The third-order valence-electron chi connectivity index (χ3n) is 9.40. The van der Waals surface area contributed by atoms with Gasteiger partial charge in [-0.3, -0.25) is 9.59 Å². The fourth-order valence-electron chi connectivity index (χ4n) is 6.92. The number of pyridine rings is 1. The van der Waals surface area contributed by atoms with Crippen molar-refractivity contribution >= 4 is 27.8 Å². The Labute approximate surface area is 288 Å². The van der Waals surface area contributed by atoms with E-state index in [1.54, 1.807) is 17.7 Å². The summed E-state index contributed by atoms with van der Waals surface area (Å²) in [5.41, 5.74) is 6.68. The number of nitrogens with one attached hydrogen (secondary N) is 2. The van der Waals surface area contributed by atoms with Gasteiger partial charge in [-0.25, -0.2) is 9.67 Å². The van der Waals surface area contributed by atoms with Crippen LogP contribution in [0.25, 0.3) is 33.2 Å². The molecule has 0 aliphatic carbocycles. The van der Waals surface area contributed by atoms with Gasteiger partial charge in [-0.1, -0.05) is 121 Å². The van der Waals surface area contributed by atoms with Crippen LogP contribution in [0.1, 0.15) is 45.8 Å². The highest BCUT2D eigenvalue weighted by molar-refractivity contribution is 6.03. The quantitative estimate of drug-likeness (QED) is 0.165. The van der Waals surface area contributed by atoms with E-state index < -0.39 is 5.54 Å². The summed E-state index contributed by atoms with van der Waals surface area (Å²) in [5.74, 6) is -0.0761. The van der Waals surface area contributed by atoms with Gasteiger partial charge in [0.05, 0.1) is 22.6 Å². The predicted molar refractivity (Wildman–Crippen MR) is 197 cm³/mol. The summed E-state index contributed by atoms with van der Waals surface area (Å²) in [6.07, 6.45) is 1.81. The number of aromatic amines is 1. The van der Waals surface area contributed by atoms with Gasteiger partial charge < -0.3 is 14.9 Å². The number of hydrogen-bond acceptors (Lipinski definition) is 4. The zero-order chi connectivity index (χ0) is 34.2. The van der Waals surface area contributed by atoms with Gasteiger partial charge in [0, 0.05) is 30.3 Å². The summed E-state index contributed by atoms with van der Waals surface area (Å²) in [5, 5.41) is 9.35. The number of nitrogens with zero attached hydrogens (tertiary/aromatic N) is 4. The maximum absolute atomic E-state index is 13.5. The Kier molecular flexibility index (Phi) is 7.68. The zero-order valence-corrected chi connectivity index (χ0v) is 27.6. The van der Waals surface area contributed by atoms with Gasteiger partial charge in [0.25, 0.3) is 5.91 Å². The number of aryl methyl sites for hydroxylation is 1. The third-order valence-corrected chi connectivity index (χ3v) is 9.40. The molecule has 0 radical (unpaired) electrons.